The SMILES string of the molecule is C[C@H]1CN(c2ccc(N)cn2)[C@@H](C)CO1. The summed E-state index contributed by atoms with van der Waals surface area (Å²) in [5.41, 5.74) is 6.31. The standard InChI is InChI=1S/C11H17N3O/c1-8-7-15-9(2)6-14(8)11-4-3-10(12)5-13-11/h3-5,8-9H,6-7,12H2,1-2H3/t8-,9-/m0/s1. The van der Waals surface area contributed by atoms with Gasteiger partial charge in [0.05, 0.1) is 30.6 Å². The Morgan fingerprint density at radius 2 is 2.27 bits per heavy atom. The molecule has 1 aromatic heterocycles. The number of aromatic nitrogens is 1. The molecule has 0 bridgehead atoms. The number of hydrogen-bond acceptors (Lipinski definition) is 4. The van der Waals surface area contributed by atoms with Crippen molar-refractivity contribution in [2.24, 2.45) is 0 Å². The zero-order valence-electron chi connectivity index (χ0n) is 9.18. The molecule has 0 unspecified atom stereocenters. The van der Waals surface area contributed by atoms with Crippen LogP contribution in [0.1, 0.15) is 13.8 Å². The molecular weight excluding hydrogens is 190 g/mol. The van der Waals surface area contributed by atoms with Gasteiger partial charge in [0.2, 0.25) is 0 Å². The minimum absolute atomic E-state index is 0.264. The van der Waals surface area contributed by atoms with E-state index in [0.29, 0.717) is 11.7 Å². The number of morpholine rings is 1. The molecule has 0 amide bonds. The molecule has 82 valence electrons. The molecule has 0 aliphatic carbocycles. The molecule has 0 radical (unpaired) electrons. The van der Waals surface area contributed by atoms with Gasteiger partial charge in [0, 0.05) is 6.54 Å². The smallest absolute Gasteiger partial charge is 0.129 e. The maximum absolute atomic E-state index is 5.61. The van der Waals surface area contributed by atoms with Crippen LogP contribution in [0.15, 0.2) is 18.3 Å². The van der Waals surface area contributed by atoms with Crippen LogP contribution in [0.5, 0.6) is 0 Å². The summed E-state index contributed by atoms with van der Waals surface area (Å²) in [5, 5.41) is 0. The van der Waals surface area contributed by atoms with Gasteiger partial charge in [-0.2, -0.15) is 0 Å². The fourth-order valence-corrected chi connectivity index (χ4v) is 1.79. The van der Waals surface area contributed by atoms with Crippen molar-refractivity contribution in [1.82, 2.24) is 4.98 Å². The summed E-state index contributed by atoms with van der Waals surface area (Å²) in [6.45, 7) is 5.87. The molecule has 4 nitrogen and oxygen atoms in total. The lowest BCUT2D eigenvalue weighted by atomic mass is 10.2. The summed E-state index contributed by atoms with van der Waals surface area (Å²) in [6.07, 6.45) is 1.96. The molecule has 1 saturated heterocycles. The van der Waals surface area contributed by atoms with Crippen molar-refractivity contribution in [2.75, 3.05) is 23.8 Å². The third-order valence-corrected chi connectivity index (χ3v) is 2.67. The maximum Gasteiger partial charge on any atom is 0.129 e. The minimum atomic E-state index is 0.264. The average molecular weight is 207 g/mol. The van der Waals surface area contributed by atoms with Gasteiger partial charge < -0.3 is 15.4 Å². The van der Waals surface area contributed by atoms with Crippen molar-refractivity contribution < 1.29 is 4.74 Å². The highest BCUT2D eigenvalue weighted by Gasteiger charge is 2.24. The number of nitrogens with two attached hydrogens (primary N) is 1. The minimum Gasteiger partial charge on any atom is -0.397 e. The summed E-state index contributed by atoms with van der Waals surface area (Å²) < 4.78 is 5.57. The summed E-state index contributed by atoms with van der Waals surface area (Å²) in [4.78, 5) is 6.59. The van der Waals surface area contributed by atoms with E-state index in [0.717, 1.165) is 19.0 Å². The van der Waals surface area contributed by atoms with E-state index in [1.165, 1.54) is 0 Å². The fraction of sp³-hybridized carbons (Fsp3) is 0.545. The van der Waals surface area contributed by atoms with E-state index < -0.39 is 0 Å². The first-order valence-electron chi connectivity index (χ1n) is 5.26. The van der Waals surface area contributed by atoms with Crippen LogP contribution in [0.2, 0.25) is 0 Å². The molecule has 1 aliphatic heterocycles. The van der Waals surface area contributed by atoms with E-state index in [4.69, 9.17) is 10.5 Å². The van der Waals surface area contributed by atoms with Crippen molar-refractivity contribution in [3.05, 3.63) is 18.3 Å². The Kier molecular flexibility index (Phi) is 2.77. The number of ether oxygens (including phenoxy) is 1. The van der Waals surface area contributed by atoms with E-state index in [-0.39, 0.29) is 6.10 Å². The van der Waals surface area contributed by atoms with Crippen molar-refractivity contribution in [3.63, 3.8) is 0 Å². The van der Waals surface area contributed by atoms with Crippen LogP contribution >= 0.6 is 0 Å². The van der Waals surface area contributed by atoms with Crippen molar-refractivity contribution in [3.8, 4) is 0 Å². The fourth-order valence-electron chi connectivity index (χ4n) is 1.79. The normalized spacial score (nSPS) is 26.7. The van der Waals surface area contributed by atoms with E-state index in [1.54, 1.807) is 6.20 Å². The van der Waals surface area contributed by atoms with Gasteiger partial charge in [-0.05, 0) is 26.0 Å². The Morgan fingerprint density at radius 1 is 1.47 bits per heavy atom. The second-order valence-corrected chi connectivity index (χ2v) is 4.10. The zero-order valence-corrected chi connectivity index (χ0v) is 9.18. The van der Waals surface area contributed by atoms with Crippen LogP contribution in [0.25, 0.3) is 0 Å². The first-order chi connectivity index (χ1) is 7.16. The highest BCUT2D eigenvalue weighted by atomic mass is 16.5. The molecule has 1 aromatic rings. The molecule has 0 aromatic carbocycles. The van der Waals surface area contributed by atoms with Gasteiger partial charge in [-0.15, -0.1) is 0 Å². The molecule has 15 heavy (non-hydrogen) atoms. The third-order valence-electron chi connectivity index (χ3n) is 2.67. The van der Waals surface area contributed by atoms with Crippen LogP contribution in [0.4, 0.5) is 11.5 Å². The van der Waals surface area contributed by atoms with Crippen LogP contribution in [0, 0.1) is 0 Å². The number of nitrogen functional groups attached to an aromatic ring is 1. The van der Waals surface area contributed by atoms with E-state index >= 15 is 0 Å². The summed E-state index contributed by atoms with van der Waals surface area (Å²) >= 11 is 0. The number of nitrogens with zero attached hydrogens (tertiary/aromatic N) is 2. The van der Waals surface area contributed by atoms with Gasteiger partial charge in [-0.1, -0.05) is 0 Å². The Labute approximate surface area is 90.0 Å². The lowest BCUT2D eigenvalue weighted by Gasteiger charge is -2.37. The lowest BCUT2D eigenvalue weighted by Crippen LogP contribution is -2.47. The molecular formula is C11H17N3O. The quantitative estimate of drug-likeness (QED) is 0.753. The largest absolute Gasteiger partial charge is 0.397 e. The first kappa shape index (κ1) is 10.2. The van der Waals surface area contributed by atoms with Gasteiger partial charge in [-0.3, -0.25) is 0 Å². The Balaban J connectivity index is 2.17. The Morgan fingerprint density at radius 3 is 2.93 bits per heavy atom. The summed E-state index contributed by atoms with van der Waals surface area (Å²) in [7, 11) is 0. The number of hydrogen-bond donors (Lipinski definition) is 1. The molecule has 2 N–H and O–H groups in total. The molecule has 2 rings (SSSR count). The highest BCUT2D eigenvalue weighted by molar-refractivity contribution is 5.46. The van der Waals surface area contributed by atoms with Gasteiger partial charge in [0.25, 0.3) is 0 Å². The number of anilines is 2. The summed E-state index contributed by atoms with van der Waals surface area (Å²) in [6, 6.07) is 4.22. The summed E-state index contributed by atoms with van der Waals surface area (Å²) in [5.74, 6) is 0.979. The van der Waals surface area contributed by atoms with Gasteiger partial charge in [-0.25, -0.2) is 4.98 Å². The van der Waals surface area contributed by atoms with Crippen molar-refractivity contribution in [1.29, 1.82) is 0 Å². The van der Waals surface area contributed by atoms with E-state index in [1.807, 2.05) is 12.1 Å². The molecule has 1 fully saturated rings. The Bertz CT molecular complexity index is 325. The predicted octanol–water partition coefficient (Wildman–Crippen LogP) is 1.28. The van der Waals surface area contributed by atoms with Crippen molar-refractivity contribution >= 4 is 11.5 Å². The van der Waals surface area contributed by atoms with Gasteiger partial charge >= 0.3 is 0 Å². The monoisotopic (exact) mass is 207 g/mol. The predicted molar refractivity (Wildman–Crippen MR) is 60.9 cm³/mol. The zero-order chi connectivity index (χ0) is 10.8. The molecule has 1 aliphatic rings. The van der Waals surface area contributed by atoms with Crippen LogP contribution < -0.4 is 10.6 Å². The maximum atomic E-state index is 5.61. The van der Waals surface area contributed by atoms with Gasteiger partial charge in [0.15, 0.2) is 0 Å². The lowest BCUT2D eigenvalue weighted by molar-refractivity contribution is 0.0340. The van der Waals surface area contributed by atoms with Gasteiger partial charge in [0.1, 0.15) is 5.82 Å². The topological polar surface area (TPSA) is 51.4 Å². The molecule has 0 spiro atoms. The van der Waals surface area contributed by atoms with E-state index in [9.17, 15) is 0 Å². The van der Waals surface area contributed by atoms with E-state index in [2.05, 4.69) is 23.7 Å². The number of rotatable bonds is 1. The second-order valence-electron chi connectivity index (χ2n) is 4.10. The first-order valence-corrected chi connectivity index (χ1v) is 5.26. The molecule has 4 heteroatoms. The van der Waals surface area contributed by atoms with Crippen LogP contribution in [-0.2, 0) is 4.74 Å². The molecule has 2 atom stereocenters. The second kappa shape index (κ2) is 4.06. The van der Waals surface area contributed by atoms with Crippen LogP contribution in [0.3, 0.4) is 0 Å². The van der Waals surface area contributed by atoms with Crippen molar-refractivity contribution in [2.45, 2.75) is 26.0 Å². The number of pyridine rings is 1. The third kappa shape index (κ3) is 2.21. The molecule has 0 saturated carbocycles. The molecule has 2 heterocycles. The Hall–Kier alpha value is -1.29. The average Bonchev–Trinajstić information content (AvgIpc) is 2.23. The van der Waals surface area contributed by atoms with Crippen LogP contribution in [-0.4, -0.2) is 30.3 Å². The highest BCUT2D eigenvalue weighted by Crippen LogP contribution is 2.19.